The molecule has 5 heteroatoms. The molecule has 2 aromatic carbocycles. The smallest absolute Gasteiger partial charge is 0.127 e. The maximum absolute atomic E-state index is 7.74. The highest BCUT2D eigenvalue weighted by atomic mass is 16.5. The number of dihydropyridines is 1. The fraction of sp³-hybridized carbons (Fsp3) is 0.111. The minimum absolute atomic E-state index is 0.0109. The second-order valence-corrected chi connectivity index (χ2v) is 5.28. The summed E-state index contributed by atoms with van der Waals surface area (Å²) >= 11 is 0. The Morgan fingerprint density at radius 3 is 2.35 bits per heavy atom. The molecule has 0 saturated carbocycles. The number of hydrogen-bond acceptors (Lipinski definition) is 4. The van der Waals surface area contributed by atoms with Gasteiger partial charge in [0, 0.05) is 17.4 Å². The Morgan fingerprint density at radius 2 is 1.70 bits per heavy atom. The van der Waals surface area contributed by atoms with E-state index < -0.39 is 0 Å². The van der Waals surface area contributed by atoms with Crippen LogP contribution in [0.25, 0.3) is 5.57 Å². The molecule has 1 aliphatic heterocycles. The molecule has 1 atom stereocenters. The molecule has 2 aromatic rings. The van der Waals surface area contributed by atoms with Gasteiger partial charge in [0.1, 0.15) is 17.3 Å². The summed E-state index contributed by atoms with van der Waals surface area (Å²) in [7, 11) is 0. The Kier molecular flexibility index (Phi) is 4.21. The summed E-state index contributed by atoms with van der Waals surface area (Å²) in [5.74, 6) is 1.51. The van der Waals surface area contributed by atoms with Crippen LogP contribution < -0.4 is 16.2 Å². The summed E-state index contributed by atoms with van der Waals surface area (Å²) < 4.78 is 5.77. The third kappa shape index (κ3) is 3.30. The van der Waals surface area contributed by atoms with E-state index in [1.54, 1.807) is 6.21 Å². The molecular weight excluding hydrogens is 288 g/mol. The van der Waals surface area contributed by atoms with Gasteiger partial charge in [-0.15, -0.1) is 0 Å². The monoisotopic (exact) mass is 306 g/mol. The Morgan fingerprint density at radius 1 is 1.04 bits per heavy atom. The number of amidine groups is 1. The minimum atomic E-state index is -0.340. The van der Waals surface area contributed by atoms with E-state index in [4.69, 9.17) is 21.6 Å². The van der Waals surface area contributed by atoms with E-state index in [0.717, 1.165) is 22.6 Å². The fourth-order valence-corrected chi connectivity index (χ4v) is 2.52. The normalized spacial score (nSPS) is 17.2. The van der Waals surface area contributed by atoms with Crippen molar-refractivity contribution in [3.05, 3.63) is 65.7 Å². The molecule has 5 nitrogen and oxygen atoms in total. The number of nitrogens with two attached hydrogens (primary N) is 2. The summed E-state index contributed by atoms with van der Waals surface area (Å²) in [5, 5.41) is 7.74. The maximum Gasteiger partial charge on any atom is 0.127 e. The van der Waals surface area contributed by atoms with Crippen LogP contribution in [0.4, 0.5) is 0 Å². The first-order chi connectivity index (χ1) is 11.1. The zero-order valence-electron chi connectivity index (χ0n) is 12.6. The zero-order valence-corrected chi connectivity index (χ0v) is 12.6. The molecule has 116 valence electrons. The molecule has 0 spiro atoms. The average Bonchev–Trinajstić information content (AvgIpc) is 2.56. The van der Waals surface area contributed by atoms with Crippen LogP contribution in [0.1, 0.15) is 5.56 Å². The van der Waals surface area contributed by atoms with Gasteiger partial charge in [-0.05, 0) is 29.8 Å². The Balaban J connectivity index is 1.88. The number of para-hydroxylation sites is 1. The molecule has 5 N–H and O–H groups in total. The van der Waals surface area contributed by atoms with Gasteiger partial charge in [-0.3, -0.25) is 10.4 Å². The molecule has 1 heterocycles. The number of hydrogen-bond donors (Lipinski definition) is 3. The van der Waals surface area contributed by atoms with Crippen LogP contribution in [0.15, 0.2) is 65.2 Å². The van der Waals surface area contributed by atoms with Gasteiger partial charge in [0.25, 0.3) is 0 Å². The summed E-state index contributed by atoms with van der Waals surface area (Å²) in [6, 6.07) is 16.8. The van der Waals surface area contributed by atoms with Crippen LogP contribution in [0, 0.1) is 5.41 Å². The van der Waals surface area contributed by atoms with Crippen molar-refractivity contribution >= 4 is 17.6 Å². The standard InChI is InChI=1S/C18H18N4O/c19-16-11-22-10-15(17(16)18(20)21)12-6-8-14(9-7-12)23-13-4-2-1-3-5-13/h1-10,16H,11,19H2,(H3,20,21). The van der Waals surface area contributed by atoms with Crippen molar-refractivity contribution in [2.45, 2.75) is 6.04 Å². The first-order valence-corrected chi connectivity index (χ1v) is 7.32. The molecular formula is C18H18N4O. The van der Waals surface area contributed by atoms with Crippen LogP contribution in [0.3, 0.4) is 0 Å². The molecule has 0 fully saturated rings. The topological polar surface area (TPSA) is 97.5 Å². The molecule has 0 aromatic heterocycles. The van der Waals surface area contributed by atoms with Crippen molar-refractivity contribution in [3.8, 4) is 11.5 Å². The third-order valence-electron chi connectivity index (χ3n) is 3.62. The molecule has 0 aliphatic carbocycles. The maximum atomic E-state index is 7.74. The highest BCUT2D eigenvalue weighted by Crippen LogP contribution is 2.26. The summed E-state index contributed by atoms with van der Waals surface area (Å²) in [5.41, 5.74) is 14.0. The highest BCUT2D eigenvalue weighted by Gasteiger charge is 2.20. The fourth-order valence-electron chi connectivity index (χ4n) is 2.52. The van der Waals surface area contributed by atoms with Gasteiger partial charge in [-0.2, -0.15) is 0 Å². The van der Waals surface area contributed by atoms with Crippen LogP contribution in [-0.4, -0.2) is 24.6 Å². The Hall–Kier alpha value is -2.92. The van der Waals surface area contributed by atoms with E-state index in [1.165, 1.54) is 0 Å². The number of nitrogens with one attached hydrogen (secondary N) is 1. The second kappa shape index (κ2) is 6.46. The molecule has 0 radical (unpaired) electrons. The molecule has 0 amide bonds. The van der Waals surface area contributed by atoms with E-state index in [-0.39, 0.29) is 11.9 Å². The predicted molar refractivity (Wildman–Crippen MR) is 93.1 cm³/mol. The van der Waals surface area contributed by atoms with Crippen LogP contribution in [0.2, 0.25) is 0 Å². The van der Waals surface area contributed by atoms with Crippen molar-refractivity contribution in [3.63, 3.8) is 0 Å². The number of aliphatic imine (C=N–C) groups is 1. The number of rotatable bonds is 4. The van der Waals surface area contributed by atoms with Gasteiger partial charge in [-0.1, -0.05) is 30.3 Å². The van der Waals surface area contributed by atoms with Gasteiger partial charge >= 0.3 is 0 Å². The van der Waals surface area contributed by atoms with Gasteiger partial charge in [-0.25, -0.2) is 0 Å². The lowest BCUT2D eigenvalue weighted by Gasteiger charge is -2.21. The zero-order chi connectivity index (χ0) is 16.2. The quantitative estimate of drug-likeness (QED) is 0.598. The largest absolute Gasteiger partial charge is 0.457 e. The Bertz CT molecular complexity index is 763. The second-order valence-electron chi connectivity index (χ2n) is 5.28. The lowest BCUT2D eigenvalue weighted by Crippen LogP contribution is -2.36. The van der Waals surface area contributed by atoms with Gasteiger partial charge in [0.2, 0.25) is 0 Å². The van der Waals surface area contributed by atoms with Crippen molar-refractivity contribution in [1.29, 1.82) is 5.41 Å². The summed E-state index contributed by atoms with van der Waals surface area (Å²) in [6.45, 7) is 0.452. The minimum Gasteiger partial charge on any atom is -0.457 e. The van der Waals surface area contributed by atoms with Crippen LogP contribution in [-0.2, 0) is 0 Å². The van der Waals surface area contributed by atoms with Gasteiger partial charge in [0.15, 0.2) is 0 Å². The average molecular weight is 306 g/mol. The van der Waals surface area contributed by atoms with Crippen molar-refractivity contribution in [1.82, 2.24) is 0 Å². The van der Waals surface area contributed by atoms with E-state index >= 15 is 0 Å². The number of ether oxygens (including phenoxy) is 1. The van der Waals surface area contributed by atoms with Crippen LogP contribution >= 0.6 is 0 Å². The van der Waals surface area contributed by atoms with Crippen LogP contribution in [0.5, 0.6) is 11.5 Å². The molecule has 1 aliphatic rings. The molecule has 3 rings (SSSR count). The van der Waals surface area contributed by atoms with Gasteiger partial charge < -0.3 is 16.2 Å². The van der Waals surface area contributed by atoms with Gasteiger partial charge in [0.05, 0.1) is 12.6 Å². The number of benzene rings is 2. The molecule has 0 bridgehead atoms. The lowest BCUT2D eigenvalue weighted by molar-refractivity contribution is 0.482. The summed E-state index contributed by atoms with van der Waals surface area (Å²) in [4.78, 5) is 4.25. The lowest BCUT2D eigenvalue weighted by atomic mass is 9.93. The molecule has 0 saturated heterocycles. The van der Waals surface area contributed by atoms with E-state index in [0.29, 0.717) is 12.1 Å². The SMILES string of the molecule is N=C(N)C1=C(c2ccc(Oc3ccccc3)cc2)C=NCC1N. The Labute approximate surface area is 134 Å². The first-order valence-electron chi connectivity index (χ1n) is 7.32. The highest BCUT2D eigenvalue weighted by molar-refractivity contribution is 6.20. The number of allylic oxidation sites excluding steroid dienone is 1. The van der Waals surface area contributed by atoms with E-state index in [9.17, 15) is 0 Å². The number of nitrogens with zero attached hydrogens (tertiary/aromatic N) is 1. The molecule has 23 heavy (non-hydrogen) atoms. The van der Waals surface area contributed by atoms with Crippen molar-refractivity contribution in [2.75, 3.05) is 6.54 Å². The first kappa shape index (κ1) is 15.0. The third-order valence-corrected chi connectivity index (χ3v) is 3.62. The van der Waals surface area contributed by atoms with E-state index in [2.05, 4.69) is 4.99 Å². The van der Waals surface area contributed by atoms with Crippen molar-refractivity contribution < 1.29 is 4.74 Å². The summed E-state index contributed by atoms with van der Waals surface area (Å²) in [6.07, 6.45) is 1.73. The molecule has 1 unspecified atom stereocenters. The van der Waals surface area contributed by atoms with Crippen molar-refractivity contribution in [2.24, 2.45) is 16.5 Å². The van der Waals surface area contributed by atoms with E-state index in [1.807, 2.05) is 54.6 Å². The predicted octanol–water partition coefficient (Wildman–Crippen LogP) is 2.58.